The molecule has 0 saturated heterocycles. The normalized spacial score (nSPS) is 12.9. The third-order valence-electron chi connectivity index (χ3n) is 13.2. The molecule has 76 heavy (non-hydrogen) atoms. The number of carbonyl (C=O) groups excluding carboxylic acids is 3. The van der Waals surface area contributed by atoms with Crippen LogP contribution in [0.3, 0.4) is 0 Å². The van der Waals surface area contributed by atoms with Gasteiger partial charge in [-0.2, -0.15) is 0 Å². The number of carbonyl (C=O) groups is 3. The van der Waals surface area contributed by atoms with Gasteiger partial charge in [0, 0.05) is 19.3 Å². The lowest BCUT2D eigenvalue weighted by molar-refractivity contribution is -0.167. The molecule has 0 fully saturated rings. The molecule has 0 aliphatic rings. The van der Waals surface area contributed by atoms with Crippen LogP contribution in [0.15, 0.2) is 122 Å². The van der Waals surface area contributed by atoms with E-state index in [1.165, 1.54) is 116 Å². The van der Waals surface area contributed by atoms with Crippen molar-refractivity contribution in [2.24, 2.45) is 0 Å². The van der Waals surface area contributed by atoms with Crippen LogP contribution in [0.4, 0.5) is 0 Å². The minimum Gasteiger partial charge on any atom is -0.462 e. The van der Waals surface area contributed by atoms with Crippen LogP contribution < -0.4 is 0 Å². The average molecular weight is 1050 g/mol. The van der Waals surface area contributed by atoms with E-state index in [0.717, 1.165) is 128 Å². The molecule has 0 aromatic heterocycles. The second kappa shape index (κ2) is 63.3. The van der Waals surface area contributed by atoms with Crippen molar-refractivity contribution in [1.82, 2.24) is 0 Å². The summed E-state index contributed by atoms with van der Waals surface area (Å²) in [5.74, 6) is -0.939. The SMILES string of the molecule is CC/C=C\C/C=C\C/C=C\C/C=C\C/C=C\C/C=C\C/C=C\CCCCCC(=O)OCC(COC(=O)CCCCCCC/C=C\CCCCCCC)OC(=O)CCCCCCCCCCC/C=C\C/C=C\CCCCC. The molecule has 0 amide bonds. The predicted octanol–water partition coefficient (Wildman–Crippen LogP) is 21.6. The van der Waals surface area contributed by atoms with Crippen molar-refractivity contribution in [2.45, 2.75) is 290 Å². The second-order valence-corrected chi connectivity index (χ2v) is 20.6. The highest BCUT2D eigenvalue weighted by molar-refractivity contribution is 5.71. The molecule has 432 valence electrons. The Labute approximate surface area is 469 Å². The topological polar surface area (TPSA) is 78.9 Å². The summed E-state index contributed by atoms with van der Waals surface area (Å²) in [5, 5.41) is 0. The Kier molecular flexibility index (Phi) is 59.9. The molecule has 0 N–H and O–H groups in total. The summed E-state index contributed by atoms with van der Waals surface area (Å²) < 4.78 is 16.9. The zero-order valence-electron chi connectivity index (χ0n) is 49.5. The molecule has 0 aliphatic carbocycles. The van der Waals surface area contributed by atoms with E-state index < -0.39 is 6.10 Å². The summed E-state index contributed by atoms with van der Waals surface area (Å²) >= 11 is 0. The van der Waals surface area contributed by atoms with E-state index >= 15 is 0 Å². The average Bonchev–Trinajstić information content (AvgIpc) is 3.42. The highest BCUT2D eigenvalue weighted by Gasteiger charge is 2.19. The first-order valence-electron chi connectivity index (χ1n) is 31.5. The first-order chi connectivity index (χ1) is 37.5. The van der Waals surface area contributed by atoms with Gasteiger partial charge in [0.15, 0.2) is 6.10 Å². The van der Waals surface area contributed by atoms with Gasteiger partial charge in [0.25, 0.3) is 0 Å². The fourth-order valence-electron chi connectivity index (χ4n) is 8.45. The Morgan fingerprint density at radius 2 is 0.513 bits per heavy atom. The van der Waals surface area contributed by atoms with Crippen LogP contribution in [-0.2, 0) is 28.6 Å². The van der Waals surface area contributed by atoms with Crippen molar-refractivity contribution < 1.29 is 28.6 Å². The van der Waals surface area contributed by atoms with Crippen molar-refractivity contribution in [1.29, 1.82) is 0 Å². The summed E-state index contributed by atoms with van der Waals surface area (Å²) in [4.78, 5) is 38.3. The third-order valence-corrected chi connectivity index (χ3v) is 13.2. The van der Waals surface area contributed by atoms with Gasteiger partial charge < -0.3 is 14.2 Å². The smallest absolute Gasteiger partial charge is 0.306 e. The molecule has 0 rings (SSSR count). The Bertz CT molecular complexity index is 1590. The van der Waals surface area contributed by atoms with Gasteiger partial charge in [0.05, 0.1) is 0 Å². The van der Waals surface area contributed by atoms with Crippen LogP contribution in [0.1, 0.15) is 284 Å². The molecule has 0 saturated carbocycles. The number of esters is 3. The van der Waals surface area contributed by atoms with Crippen LogP contribution in [0.5, 0.6) is 0 Å². The van der Waals surface area contributed by atoms with Gasteiger partial charge >= 0.3 is 17.9 Å². The van der Waals surface area contributed by atoms with Gasteiger partial charge in [-0.05, 0) is 135 Å². The van der Waals surface area contributed by atoms with Crippen LogP contribution in [0, 0.1) is 0 Å². The van der Waals surface area contributed by atoms with Crippen LogP contribution in [0.2, 0.25) is 0 Å². The van der Waals surface area contributed by atoms with Crippen molar-refractivity contribution in [2.75, 3.05) is 13.2 Å². The first kappa shape index (κ1) is 71.8. The molecule has 0 aliphatic heterocycles. The maximum atomic E-state index is 12.9. The molecule has 0 aromatic carbocycles. The number of unbranched alkanes of at least 4 members (excludes halogenated alkanes) is 25. The van der Waals surface area contributed by atoms with E-state index in [1.807, 2.05) is 0 Å². The summed E-state index contributed by atoms with van der Waals surface area (Å²) in [6, 6.07) is 0. The summed E-state index contributed by atoms with van der Waals surface area (Å²) in [7, 11) is 0. The van der Waals surface area contributed by atoms with E-state index in [4.69, 9.17) is 14.2 Å². The Balaban J connectivity index is 4.45. The van der Waals surface area contributed by atoms with Crippen LogP contribution in [-0.4, -0.2) is 37.2 Å². The summed E-state index contributed by atoms with van der Waals surface area (Å²) in [5.41, 5.74) is 0. The van der Waals surface area contributed by atoms with Crippen molar-refractivity contribution >= 4 is 17.9 Å². The number of allylic oxidation sites excluding steroid dienone is 20. The maximum Gasteiger partial charge on any atom is 0.306 e. The van der Waals surface area contributed by atoms with Gasteiger partial charge in [-0.25, -0.2) is 0 Å². The fraction of sp³-hybridized carbons (Fsp3) is 0.671. The quantitative estimate of drug-likeness (QED) is 0.0261. The maximum absolute atomic E-state index is 12.9. The lowest BCUT2D eigenvalue weighted by atomic mass is 10.1. The van der Waals surface area contributed by atoms with Crippen molar-refractivity contribution in [3.8, 4) is 0 Å². The molecule has 0 aromatic rings. The molecule has 0 bridgehead atoms. The summed E-state index contributed by atoms with van der Waals surface area (Å²) in [6.45, 7) is 6.46. The molecular weight excluding hydrogens is 937 g/mol. The highest BCUT2D eigenvalue weighted by atomic mass is 16.6. The largest absolute Gasteiger partial charge is 0.462 e. The van der Waals surface area contributed by atoms with E-state index in [2.05, 4.69) is 142 Å². The second-order valence-electron chi connectivity index (χ2n) is 20.6. The summed E-state index contributed by atoms with van der Waals surface area (Å²) in [6.07, 6.45) is 87.6. The number of hydrogen-bond acceptors (Lipinski definition) is 6. The van der Waals surface area contributed by atoms with Gasteiger partial charge in [0.1, 0.15) is 13.2 Å². The standard InChI is InChI=1S/C70H116O6/c1-4-7-10-13-16-19-22-25-28-30-32-33-34-35-36-37-39-40-42-45-48-51-54-57-60-63-69(72)75-66-67(65-74-68(71)62-59-56-53-50-47-44-27-24-21-18-15-12-9-6-3)76-70(73)64-61-58-55-52-49-46-43-41-38-31-29-26-23-20-17-14-11-8-5-2/h7,10,16-17,19-20,24-29,32-33,35-36,39-40,45,48,67H,4-6,8-9,11-15,18,21-23,30-31,34,37-38,41-44,46-47,49-66H2,1-3H3/b10-7-,19-16-,20-17-,27-24-,28-25-,29-26-,33-32-,36-35-,40-39-,48-45-. The van der Waals surface area contributed by atoms with E-state index in [9.17, 15) is 14.4 Å². The van der Waals surface area contributed by atoms with Gasteiger partial charge in [-0.1, -0.05) is 251 Å². The van der Waals surface area contributed by atoms with Crippen LogP contribution in [0.25, 0.3) is 0 Å². The Morgan fingerprint density at radius 1 is 0.276 bits per heavy atom. The minimum atomic E-state index is -0.802. The molecule has 0 spiro atoms. The minimum absolute atomic E-state index is 0.0967. The lowest BCUT2D eigenvalue weighted by Gasteiger charge is -2.18. The number of ether oxygens (including phenoxy) is 3. The molecule has 0 heterocycles. The third kappa shape index (κ3) is 60.7. The van der Waals surface area contributed by atoms with Crippen molar-refractivity contribution in [3.05, 3.63) is 122 Å². The van der Waals surface area contributed by atoms with Crippen LogP contribution >= 0.6 is 0 Å². The van der Waals surface area contributed by atoms with Gasteiger partial charge in [0.2, 0.25) is 0 Å². The fourth-order valence-corrected chi connectivity index (χ4v) is 8.45. The van der Waals surface area contributed by atoms with E-state index in [-0.39, 0.29) is 31.1 Å². The van der Waals surface area contributed by atoms with Crippen molar-refractivity contribution in [3.63, 3.8) is 0 Å². The zero-order chi connectivity index (χ0) is 55.0. The highest BCUT2D eigenvalue weighted by Crippen LogP contribution is 2.15. The molecule has 0 radical (unpaired) electrons. The monoisotopic (exact) mass is 1050 g/mol. The molecule has 1 atom stereocenters. The van der Waals surface area contributed by atoms with E-state index in [0.29, 0.717) is 19.3 Å². The molecular formula is C70H116O6. The molecule has 6 nitrogen and oxygen atoms in total. The predicted molar refractivity (Wildman–Crippen MR) is 330 cm³/mol. The Hall–Kier alpha value is -4.19. The first-order valence-corrected chi connectivity index (χ1v) is 31.5. The Morgan fingerprint density at radius 3 is 0.855 bits per heavy atom. The van der Waals surface area contributed by atoms with Gasteiger partial charge in [-0.15, -0.1) is 0 Å². The van der Waals surface area contributed by atoms with E-state index in [1.54, 1.807) is 0 Å². The zero-order valence-corrected chi connectivity index (χ0v) is 49.5. The van der Waals surface area contributed by atoms with Gasteiger partial charge in [-0.3, -0.25) is 14.4 Å². The number of hydrogen-bond donors (Lipinski definition) is 0. The number of rotatable bonds is 56. The molecule has 1 unspecified atom stereocenters. The molecule has 6 heteroatoms. The lowest BCUT2D eigenvalue weighted by Crippen LogP contribution is -2.30.